The van der Waals surface area contributed by atoms with E-state index in [1.807, 2.05) is 0 Å². The summed E-state index contributed by atoms with van der Waals surface area (Å²) in [6.45, 7) is 7.63. The largest absolute Gasteiger partial charge is 0.381 e. The summed E-state index contributed by atoms with van der Waals surface area (Å²) in [4.78, 5) is 2.58. The summed E-state index contributed by atoms with van der Waals surface area (Å²) >= 11 is 0. The average molecular weight is 268 g/mol. The standard InChI is InChI=1S/C15H28N2O2/c1-2-8-17(7-1)9-6-16-14-3-10-19-15(13-14)4-11-18-12-5-15/h14,16H,1-13H2. The van der Waals surface area contributed by atoms with Crippen LogP contribution < -0.4 is 5.32 Å². The van der Waals surface area contributed by atoms with Crippen molar-refractivity contribution in [2.24, 2.45) is 0 Å². The maximum absolute atomic E-state index is 6.09. The second-order valence-corrected chi connectivity index (χ2v) is 6.34. The molecule has 1 N–H and O–H groups in total. The van der Waals surface area contributed by atoms with Crippen molar-refractivity contribution < 1.29 is 9.47 Å². The number of nitrogens with zero attached hydrogens (tertiary/aromatic N) is 1. The monoisotopic (exact) mass is 268 g/mol. The van der Waals surface area contributed by atoms with Crippen LogP contribution in [0.15, 0.2) is 0 Å². The van der Waals surface area contributed by atoms with E-state index < -0.39 is 0 Å². The van der Waals surface area contributed by atoms with Crippen LogP contribution in [0.5, 0.6) is 0 Å². The highest BCUT2D eigenvalue weighted by atomic mass is 16.5. The highest BCUT2D eigenvalue weighted by Crippen LogP contribution is 2.34. The second kappa shape index (κ2) is 6.53. The zero-order chi connectivity index (χ0) is 13.0. The molecule has 0 aromatic carbocycles. The Labute approximate surface area is 116 Å². The second-order valence-electron chi connectivity index (χ2n) is 6.34. The molecule has 1 atom stereocenters. The van der Waals surface area contributed by atoms with Gasteiger partial charge in [-0.1, -0.05) is 0 Å². The molecule has 4 heteroatoms. The van der Waals surface area contributed by atoms with Crippen LogP contribution in [-0.2, 0) is 9.47 Å². The fourth-order valence-electron chi connectivity index (χ4n) is 3.73. The fourth-order valence-corrected chi connectivity index (χ4v) is 3.73. The van der Waals surface area contributed by atoms with E-state index in [2.05, 4.69) is 10.2 Å². The van der Waals surface area contributed by atoms with Crippen LogP contribution in [0.25, 0.3) is 0 Å². The molecule has 19 heavy (non-hydrogen) atoms. The predicted octanol–water partition coefficient (Wildman–Crippen LogP) is 1.40. The van der Waals surface area contributed by atoms with Gasteiger partial charge in [-0.25, -0.2) is 0 Å². The van der Waals surface area contributed by atoms with Gasteiger partial charge in [0, 0.05) is 39.0 Å². The maximum Gasteiger partial charge on any atom is 0.0741 e. The smallest absolute Gasteiger partial charge is 0.0741 e. The Morgan fingerprint density at radius 2 is 1.89 bits per heavy atom. The minimum absolute atomic E-state index is 0.127. The van der Waals surface area contributed by atoms with Crippen LogP contribution in [0, 0.1) is 0 Å². The van der Waals surface area contributed by atoms with Crippen molar-refractivity contribution in [1.29, 1.82) is 0 Å². The fraction of sp³-hybridized carbons (Fsp3) is 1.00. The molecular weight excluding hydrogens is 240 g/mol. The number of rotatable bonds is 4. The van der Waals surface area contributed by atoms with Gasteiger partial charge in [-0.05, 0) is 51.6 Å². The molecule has 0 aromatic rings. The topological polar surface area (TPSA) is 33.7 Å². The van der Waals surface area contributed by atoms with Gasteiger partial charge < -0.3 is 19.7 Å². The van der Waals surface area contributed by atoms with Gasteiger partial charge in [-0.15, -0.1) is 0 Å². The molecule has 3 fully saturated rings. The SMILES string of the molecule is C1CCN(CCNC2CCOC3(CCOCC3)C2)C1. The molecule has 3 aliphatic heterocycles. The number of nitrogens with one attached hydrogen (secondary N) is 1. The lowest BCUT2D eigenvalue weighted by Crippen LogP contribution is -2.50. The molecule has 0 radical (unpaired) electrons. The third-order valence-corrected chi connectivity index (χ3v) is 4.96. The quantitative estimate of drug-likeness (QED) is 0.836. The van der Waals surface area contributed by atoms with Crippen LogP contribution in [0.2, 0.25) is 0 Å². The summed E-state index contributed by atoms with van der Waals surface area (Å²) in [5.41, 5.74) is 0.127. The van der Waals surface area contributed by atoms with E-state index in [0.29, 0.717) is 6.04 Å². The van der Waals surface area contributed by atoms with Crippen molar-refractivity contribution in [2.45, 2.75) is 50.2 Å². The van der Waals surface area contributed by atoms with E-state index in [1.165, 1.54) is 45.3 Å². The Bertz CT molecular complexity index is 268. The zero-order valence-corrected chi connectivity index (χ0v) is 12.0. The number of hydrogen-bond acceptors (Lipinski definition) is 4. The molecule has 0 bridgehead atoms. The Kier molecular flexibility index (Phi) is 4.74. The lowest BCUT2D eigenvalue weighted by molar-refractivity contribution is -0.140. The molecule has 0 aliphatic carbocycles. The Morgan fingerprint density at radius 3 is 2.68 bits per heavy atom. The molecule has 0 saturated carbocycles. The van der Waals surface area contributed by atoms with Gasteiger partial charge in [0.25, 0.3) is 0 Å². The molecule has 0 amide bonds. The summed E-state index contributed by atoms with van der Waals surface area (Å²) in [6, 6.07) is 0.648. The lowest BCUT2D eigenvalue weighted by Gasteiger charge is -2.43. The molecule has 1 unspecified atom stereocenters. The van der Waals surface area contributed by atoms with E-state index in [9.17, 15) is 0 Å². The summed E-state index contributed by atoms with van der Waals surface area (Å²) < 4.78 is 11.6. The first-order chi connectivity index (χ1) is 9.36. The van der Waals surface area contributed by atoms with Gasteiger partial charge in [-0.2, -0.15) is 0 Å². The molecule has 110 valence electrons. The normalized spacial score (nSPS) is 31.9. The van der Waals surface area contributed by atoms with Crippen molar-refractivity contribution in [3.63, 3.8) is 0 Å². The third-order valence-electron chi connectivity index (χ3n) is 4.96. The summed E-state index contributed by atoms with van der Waals surface area (Å²) in [7, 11) is 0. The van der Waals surface area contributed by atoms with Gasteiger partial charge in [0.05, 0.1) is 5.60 Å². The van der Waals surface area contributed by atoms with Gasteiger partial charge >= 0.3 is 0 Å². The van der Waals surface area contributed by atoms with Gasteiger partial charge in [0.15, 0.2) is 0 Å². The molecule has 4 nitrogen and oxygen atoms in total. The van der Waals surface area contributed by atoms with Crippen LogP contribution in [0.4, 0.5) is 0 Å². The Balaban J connectivity index is 1.40. The van der Waals surface area contributed by atoms with Crippen molar-refractivity contribution in [2.75, 3.05) is 46.0 Å². The molecule has 3 heterocycles. The Morgan fingerprint density at radius 1 is 1.11 bits per heavy atom. The number of hydrogen-bond donors (Lipinski definition) is 1. The van der Waals surface area contributed by atoms with E-state index in [0.717, 1.165) is 39.2 Å². The van der Waals surface area contributed by atoms with Crippen molar-refractivity contribution in [3.8, 4) is 0 Å². The van der Waals surface area contributed by atoms with E-state index in [4.69, 9.17) is 9.47 Å². The van der Waals surface area contributed by atoms with Crippen molar-refractivity contribution in [1.82, 2.24) is 10.2 Å². The van der Waals surface area contributed by atoms with Crippen molar-refractivity contribution >= 4 is 0 Å². The van der Waals surface area contributed by atoms with Gasteiger partial charge in [-0.3, -0.25) is 0 Å². The van der Waals surface area contributed by atoms with Gasteiger partial charge in [0.2, 0.25) is 0 Å². The highest BCUT2D eigenvalue weighted by molar-refractivity contribution is 4.91. The number of likely N-dealkylation sites (tertiary alicyclic amines) is 1. The summed E-state index contributed by atoms with van der Waals surface area (Å²) in [5.74, 6) is 0. The maximum atomic E-state index is 6.09. The lowest BCUT2D eigenvalue weighted by atomic mass is 9.84. The average Bonchev–Trinajstić information content (AvgIpc) is 2.93. The molecule has 3 aliphatic rings. The molecule has 1 spiro atoms. The van der Waals surface area contributed by atoms with Crippen molar-refractivity contribution in [3.05, 3.63) is 0 Å². The summed E-state index contributed by atoms with van der Waals surface area (Å²) in [5, 5.41) is 3.76. The van der Waals surface area contributed by atoms with E-state index in [1.54, 1.807) is 0 Å². The van der Waals surface area contributed by atoms with E-state index in [-0.39, 0.29) is 5.60 Å². The molecule has 3 saturated heterocycles. The zero-order valence-electron chi connectivity index (χ0n) is 12.0. The highest BCUT2D eigenvalue weighted by Gasteiger charge is 2.38. The molecular formula is C15H28N2O2. The van der Waals surface area contributed by atoms with Crippen LogP contribution in [-0.4, -0.2) is 62.5 Å². The third kappa shape index (κ3) is 3.69. The number of ether oxygens (including phenoxy) is 2. The van der Waals surface area contributed by atoms with Crippen LogP contribution in [0.3, 0.4) is 0 Å². The first kappa shape index (κ1) is 13.8. The molecule has 0 aromatic heterocycles. The molecule has 3 rings (SSSR count). The first-order valence-corrected chi connectivity index (χ1v) is 8.04. The summed E-state index contributed by atoms with van der Waals surface area (Å²) in [6.07, 6.45) is 7.29. The Hall–Kier alpha value is -0.160. The minimum atomic E-state index is 0.127. The van der Waals surface area contributed by atoms with E-state index >= 15 is 0 Å². The van der Waals surface area contributed by atoms with Gasteiger partial charge in [0.1, 0.15) is 0 Å². The van der Waals surface area contributed by atoms with Crippen LogP contribution in [0.1, 0.15) is 38.5 Å². The first-order valence-electron chi connectivity index (χ1n) is 8.04. The van der Waals surface area contributed by atoms with Crippen LogP contribution >= 0.6 is 0 Å². The predicted molar refractivity (Wildman–Crippen MR) is 75.4 cm³/mol. The minimum Gasteiger partial charge on any atom is -0.381 e.